The van der Waals surface area contributed by atoms with E-state index in [-0.39, 0.29) is 5.91 Å². The molecule has 0 aromatic heterocycles. The summed E-state index contributed by atoms with van der Waals surface area (Å²) in [5, 5.41) is 2.70. The number of rotatable bonds is 7. The summed E-state index contributed by atoms with van der Waals surface area (Å²) in [5.74, 6) is -0.658. The Bertz CT molecular complexity index is 418. The number of amides is 2. The zero-order valence-electron chi connectivity index (χ0n) is 10.3. The summed E-state index contributed by atoms with van der Waals surface area (Å²) in [5.41, 5.74) is 11.4. The number of carbonyl (C=O) groups is 2. The van der Waals surface area contributed by atoms with E-state index in [4.69, 9.17) is 11.5 Å². The van der Waals surface area contributed by atoms with Crippen LogP contribution < -0.4 is 16.8 Å². The van der Waals surface area contributed by atoms with E-state index in [1.54, 1.807) is 24.3 Å². The zero-order valence-corrected chi connectivity index (χ0v) is 10.3. The highest BCUT2D eigenvalue weighted by Gasteiger charge is 2.09. The van der Waals surface area contributed by atoms with Crippen molar-refractivity contribution in [3.63, 3.8) is 0 Å². The SMILES string of the molecule is NCCCCCC(=O)Nc1ccccc1C(N)=O. The van der Waals surface area contributed by atoms with Gasteiger partial charge in [0.05, 0.1) is 11.3 Å². The van der Waals surface area contributed by atoms with Crippen molar-refractivity contribution in [1.29, 1.82) is 0 Å². The largest absolute Gasteiger partial charge is 0.366 e. The molecule has 0 heterocycles. The standard InChI is InChI=1S/C13H19N3O2/c14-9-5-1-2-8-12(17)16-11-7-4-3-6-10(11)13(15)18/h3-4,6-7H,1-2,5,8-9,14H2,(H2,15,18)(H,16,17). The number of primary amides is 1. The number of nitrogens with two attached hydrogens (primary N) is 2. The third-order valence-corrected chi connectivity index (χ3v) is 2.57. The summed E-state index contributed by atoms with van der Waals surface area (Å²) in [6, 6.07) is 6.71. The van der Waals surface area contributed by atoms with E-state index in [0.717, 1.165) is 19.3 Å². The molecule has 1 aromatic rings. The van der Waals surface area contributed by atoms with Crippen LogP contribution in [0.25, 0.3) is 0 Å². The summed E-state index contributed by atoms with van der Waals surface area (Å²) >= 11 is 0. The predicted octanol–water partition coefficient (Wildman–Crippen LogP) is 1.24. The molecule has 2 amide bonds. The summed E-state index contributed by atoms with van der Waals surface area (Å²) in [7, 11) is 0. The van der Waals surface area contributed by atoms with E-state index in [1.807, 2.05) is 0 Å². The fraction of sp³-hybridized carbons (Fsp3) is 0.385. The van der Waals surface area contributed by atoms with Gasteiger partial charge in [0.15, 0.2) is 0 Å². The molecule has 0 aliphatic rings. The van der Waals surface area contributed by atoms with Crippen molar-refractivity contribution < 1.29 is 9.59 Å². The van der Waals surface area contributed by atoms with Gasteiger partial charge in [-0.1, -0.05) is 18.6 Å². The summed E-state index contributed by atoms with van der Waals surface area (Å²) in [4.78, 5) is 22.8. The average Bonchev–Trinajstić information content (AvgIpc) is 2.35. The Morgan fingerprint density at radius 3 is 2.50 bits per heavy atom. The maximum absolute atomic E-state index is 11.7. The van der Waals surface area contributed by atoms with Crippen molar-refractivity contribution in [3.8, 4) is 0 Å². The molecule has 0 spiro atoms. The Labute approximate surface area is 107 Å². The minimum Gasteiger partial charge on any atom is -0.366 e. The Balaban J connectivity index is 2.51. The first-order chi connectivity index (χ1) is 8.65. The van der Waals surface area contributed by atoms with E-state index in [2.05, 4.69) is 5.32 Å². The number of hydrogen-bond donors (Lipinski definition) is 3. The lowest BCUT2D eigenvalue weighted by Crippen LogP contribution is -2.17. The molecule has 1 rings (SSSR count). The van der Waals surface area contributed by atoms with E-state index < -0.39 is 5.91 Å². The normalized spacial score (nSPS) is 10.1. The lowest BCUT2D eigenvalue weighted by Gasteiger charge is -2.08. The summed E-state index contributed by atoms with van der Waals surface area (Å²) in [6.07, 6.45) is 3.07. The van der Waals surface area contributed by atoms with Gasteiger partial charge in [0.25, 0.3) is 5.91 Å². The van der Waals surface area contributed by atoms with E-state index >= 15 is 0 Å². The van der Waals surface area contributed by atoms with Gasteiger partial charge >= 0.3 is 0 Å². The Morgan fingerprint density at radius 2 is 1.83 bits per heavy atom. The van der Waals surface area contributed by atoms with Crippen molar-refractivity contribution in [1.82, 2.24) is 0 Å². The predicted molar refractivity (Wildman–Crippen MR) is 71.1 cm³/mol. The Kier molecular flexibility index (Phi) is 5.87. The van der Waals surface area contributed by atoms with Crippen LogP contribution >= 0.6 is 0 Å². The first-order valence-electron chi connectivity index (χ1n) is 6.04. The summed E-state index contributed by atoms with van der Waals surface area (Å²) < 4.78 is 0. The van der Waals surface area contributed by atoms with Crippen molar-refractivity contribution in [3.05, 3.63) is 29.8 Å². The molecule has 0 radical (unpaired) electrons. The first-order valence-corrected chi connectivity index (χ1v) is 6.04. The number of nitrogens with one attached hydrogen (secondary N) is 1. The lowest BCUT2D eigenvalue weighted by atomic mass is 10.1. The molecule has 5 N–H and O–H groups in total. The number of hydrogen-bond acceptors (Lipinski definition) is 3. The van der Waals surface area contributed by atoms with Crippen molar-refractivity contribution in [2.45, 2.75) is 25.7 Å². The van der Waals surface area contributed by atoms with Crippen LogP contribution in [0.4, 0.5) is 5.69 Å². The number of benzene rings is 1. The van der Waals surface area contributed by atoms with Crippen LogP contribution in [-0.4, -0.2) is 18.4 Å². The molecule has 0 unspecified atom stereocenters. The van der Waals surface area contributed by atoms with E-state index in [0.29, 0.717) is 24.2 Å². The quantitative estimate of drug-likeness (QED) is 0.634. The molecule has 0 atom stereocenters. The van der Waals surface area contributed by atoms with Gasteiger partial charge in [-0.3, -0.25) is 9.59 Å². The molecule has 5 heteroatoms. The van der Waals surface area contributed by atoms with Crippen LogP contribution in [0.5, 0.6) is 0 Å². The first kappa shape index (κ1) is 14.2. The highest BCUT2D eigenvalue weighted by atomic mass is 16.2. The molecular weight excluding hydrogens is 230 g/mol. The maximum atomic E-state index is 11.7. The van der Waals surface area contributed by atoms with Gasteiger partial charge in [-0.05, 0) is 31.5 Å². The fourth-order valence-corrected chi connectivity index (χ4v) is 1.63. The minimum atomic E-state index is -0.547. The fourth-order valence-electron chi connectivity index (χ4n) is 1.63. The Morgan fingerprint density at radius 1 is 1.11 bits per heavy atom. The molecule has 18 heavy (non-hydrogen) atoms. The van der Waals surface area contributed by atoms with Gasteiger partial charge in [-0.15, -0.1) is 0 Å². The van der Waals surface area contributed by atoms with Crippen molar-refractivity contribution >= 4 is 17.5 Å². The number of para-hydroxylation sites is 1. The van der Waals surface area contributed by atoms with Crippen LogP contribution in [0.3, 0.4) is 0 Å². The highest BCUT2D eigenvalue weighted by molar-refractivity contribution is 6.02. The smallest absolute Gasteiger partial charge is 0.250 e. The molecule has 0 saturated carbocycles. The van der Waals surface area contributed by atoms with Gasteiger partial charge in [-0.25, -0.2) is 0 Å². The molecule has 5 nitrogen and oxygen atoms in total. The second-order valence-electron chi connectivity index (χ2n) is 4.06. The van der Waals surface area contributed by atoms with Crippen LogP contribution in [0, 0.1) is 0 Å². The van der Waals surface area contributed by atoms with Gasteiger partial charge in [0.1, 0.15) is 0 Å². The summed E-state index contributed by atoms with van der Waals surface area (Å²) in [6.45, 7) is 0.645. The van der Waals surface area contributed by atoms with Crippen LogP contribution in [0.2, 0.25) is 0 Å². The van der Waals surface area contributed by atoms with Gasteiger partial charge in [-0.2, -0.15) is 0 Å². The van der Waals surface area contributed by atoms with E-state index in [9.17, 15) is 9.59 Å². The van der Waals surface area contributed by atoms with Crippen molar-refractivity contribution in [2.24, 2.45) is 11.5 Å². The maximum Gasteiger partial charge on any atom is 0.250 e. The second kappa shape index (κ2) is 7.45. The number of anilines is 1. The topological polar surface area (TPSA) is 98.2 Å². The van der Waals surface area contributed by atoms with Crippen LogP contribution in [0.15, 0.2) is 24.3 Å². The molecule has 0 saturated heterocycles. The third-order valence-electron chi connectivity index (χ3n) is 2.57. The molecule has 0 aliphatic carbocycles. The van der Waals surface area contributed by atoms with Crippen molar-refractivity contribution in [2.75, 3.05) is 11.9 Å². The average molecular weight is 249 g/mol. The third kappa shape index (κ3) is 4.55. The molecular formula is C13H19N3O2. The highest BCUT2D eigenvalue weighted by Crippen LogP contribution is 2.14. The molecule has 0 aliphatic heterocycles. The molecule has 98 valence electrons. The van der Waals surface area contributed by atoms with Crippen LogP contribution in [-0.2, 0) is 4.79 Å². The van der Waals surface area contributed by atoms with Gasteiger partial charge in [0, 0.05) is 6.42 Å². The van der Waals surface area contributed by atoms with Crippen LogP contribution in [0.1, 0.15) is 36.0 Å². The Hall–Kier alpha value is -1.88. The number of carbonyl (C=O) groups excluding carboxylic acids is 2. The molecule has 0 fully saturated rings. The van der Waals surface area contributed by atoms with Gasteiger partial charge < -0.3 is 16.8 Å². The minimum absolute atomic E-state index is 0.110. The lowest BCUT2D eigenvalue weighted by molar-refractivity contribution is -0.116. The zero-order chi connectivity index (χ0) is 13.4. The molecule has 1 aromatic carbocycles. The monoisotopic (exact) mass is 249 g/mol. The van der Waals surface area contributed by atoms with Gasteiger partial charge in [0.2, 0.25) is 5.91 Å². The molecule has 0 bridgehead atoms. The number of unbranched alkanes of at least 4 members (excludes halogenated alkanes) is 2. The van der Waals surface area contributed by atoms with E-state index in [1.165, 1.54) is 0 Å². The second-order valence-corrected chi connectivity index (χ2v) is 4.06.